The number of benzene rings is 2. The summed E-state index contributed by atoms with van der Waals surface area (Å²) in [5.41, 5.74) is 1.46. The molecule has 0 bridgehead atoms. The van der Waals surface area contributed by atoms with Gasteiger partial charge in [0.2, 0.25) is 11.8 Å². The van der Waals surface area contributed by atoms with Gasteiger partial charge in [-0.15, -0.1) is 0 Å². The van der Waals surface area contributed by atoms with Crippen molar-refractivity contribution in [1.29, 1.82) is 0 Å². The highest BCUT2D eigenvalue weighted by molar-refractivity contribution is 8.32. The minimum atomic E-state index is -0.844. The highest BCUT2D eigenvalue weighted by Gasteiger charge is 2.28. The molecule has 2 atom stereocenters. The van der Waals surface area contributed by atoms with Gasteiger partial charge in [0.05, 0.1) is 13.0 Å². The molecule has 2 aromatic carbocycles. The number of carbonyl (C=O) groups excluding carboxylic acids is 3. The van der Waals surface area contributed by atoms with E-state index >= 15 is 0 Å². The third kappa shape index (κ3) is 6.36. The molecule has 0 spiro atoms. The summed E-state index contributed by atoms with van der Waals surface area (Å²) >= 11 is 0. The molecule has 2 aromatic rings. The molecule has 3 rings (SSSR count). The lowest BCUT2D eigenvalue weighted by atomic mass is 9.89. The molecule has 2 amide bonds. The molecule has 6 nitrogen and oxygen atoms in total. The number of hydrogen-bond donors (Lipinski definition) is 2. The first-order chi connectivity index (χ1) is 15.2. The van der Waals surface area contributed by atoms with Crippen molar-refractivity contribution in [3.8, 4) is 5.75 Å². The van der Waals surface area contributed by atoms with Gasteiger partial charge in [0.1, 0.15) is 11.5 Å². The van der Waals surface area contributed by atoms with Gasteiger partial charge in [0.25, 0.3) is 0 Å². The van der Waals surface area contributed by atoms with E-state index in [2.05, 4.69) is 29.4 Å². The summed E-state index contributed by atoms with van der Waals surface area (Å²) < 4.78 is 5.22. The zero-order valence-corrected chi connectivity index (χ0v) is 20.0. The second-order valence-electron chi connectivity index (χ2n) is 9.00. The molecule has 2 N–H and O–H groups in total. The maximum atomic E-state index is 13.2. The van der Waals surface area contributed by atoms with E-state index in [-0.39, 0.29) is 29.9 Å². The van der Waals surface area contributed by atoms with Crippen molar-refractivity contribution < 1.29 is 19.1 Å². The molecule has 1 aliphatic rings. The molecule has 32 heavy (non-hydrogen) atoms. The number of anilines is 1. The van der Waals surface area contributed by atoms with Crippen molar-refractivity contribution in [2.45, 2.75) is 30.1 Å². The minimum absolute atomic E-state index is 0.00187. The van der Waals surface area contributed by atoms with Crippen molar-refractivity contribution in [3.63, 3.8) is 0 Å². The van der Waals surface area contributed by atoms with E-state index in [0.29, 0.717) is 30.8 Å². The molecule has 1 saturated heterocycles. The van der Waals surface area contributed by atoms with E-state index < -0.39 is 15.9 Å². The van der Waals surface area contributed by atoms with Gasteiger partial charge in [-0.25, -0.2) is 10.0 Å². The topological polar surface area (TPSA) is 84.5 Å². The van der Waals surface area contributed by atoms with Crippen LogP contribution in [0.2, 0.25) is 0 Å². The van der Waals surface area contributed by atoms with E-state index in [1.165, 1.54) is 4.90 Å². The van der Waals surface area contributed by atoms with Crippen LogP contribution in [0.4, 0.5) is 5.69 Å². The average molecular weight is 457 g/mol. The first-order valence-electron chi connectivity index (χ1n) is 10.7. The van der Waals surface area contributed by atoms with Crippen LogP contribution >= 0.6 is 10.0 Å². The van der Waals surface area contributed by atoms with Crippen LogP contribution in [0.3, 0.4) is 0 Å². The number of carbonyl (C=O) groups is 3. The van der Waals surface area contributed by atoms with Gasteiger partial charge in [0.15, 0.2) is 0 Å². The maximum Gasteiger partial charge on any atom is 0.232 e. The van der Waals surface area contributed by atoms with Crippen LogP contribution in [-0.2, 0) is 14.4 Å². The van der Waals surface area contributed by atoms with Crippen LogP contribution in [0, 0.1) is 5.92 Å². The molecule has 2 unspecified atom stereocenters. The SMILES string of the molecule is COc1ccc(C(CC(=O)CC2CNC(=O)C2)C(=O)Nc2ccc(S(C)(C)C)cc2)cc1. The summed E-state index contributed by atoms with van der Waals surface area (Å²) in [6.07, 6.45) is 7.42. The fourth-order valence-corrected chi connectivity index (χ4v) is 4.77. The van der Waals surface area contributed by atoms with Crippen molar-refractivity contribution in [2.24, 2.45) is 5.92 Å². The molecule has 7 heteroatoms. The van der Waals surface area contributed by atoms with Crippen LogP contribution in [0.1, 0.15) is 30.7 Å². The number of ether oxygens (including phenoxy) is 1. The van der Waals surface area contributed by atoms with Gasteiger partial charge in [-0.1, -0.05) is 12.1 Å². The molecule has 0 saturated carbocycles. The van der Waals surface area contributed by atoms with E-state index in [0.717, 1.165) is 5.56 Å². The van der Waals surface area contributed by atoms with Gasteiger partial charge in [-0.2, -0.15) is 0 Å². The van der Waals surface area contributed by atoms with Gasteiger partial charge < -0.3 is 15.4 Å². The summed E-state index contributed by atoms with van der Waals surface area (Å²) in [4.78, 5) is 38.7. The van der Waals surface area contributed by atoms with E-state index in [9.17, 15) is 14.4 Å². The number of methoxy groups -OCH3 is 1. The Balaban J connectivity index is 1.75. The molecule has 0 aromatic heterocycles. The molecule has 0 radical (unpaired) electrons. The fourth-order valence-electron chi connectivity index (χ4n) is 3.82. The van der Waals surface area contributed by atoms with Crippen molar-refractivity contribution >= 4 is 33.3 Å². The normalized spacial score (nSPS) is 17.4. The van der Waals surface area contributed by atoms with Gasteiger partial charge in [-0.05, 0) is 71.5 Å². The summed E-state index contributed by atoms with van der Waals surface area (Å²) in [6, 6.07) is 15.1. The summed E-state index contributed by atoms with van der Waals surface area (Å²) in [6.45, 7) is 0.520. The largest absolute Gasteiger partial charge is 0.497 e. The Morgan fingerprint density at radius 1 is 1.09 bits per heavy atom. The summed E-state index contributed by atoms with van der Waals surface area (Å²) in [5.74, 6) is -0.189. The number of nitrogens with one attached hydrogen (secondary N) is 2. The quantitative estimate of drug-likeness (QED) is 0.598. The molecular formula is C25H32N2O4S. The highest BCUT2D eigenvalue weighted by atomic mass is 32.3. The zero-order valence-electron chi connectivity index (χ0n) is 19.1. The Morgan fingerprint density at radius 3 is 2.28 bits per heavy atom. The third-order valence-electron chi connectivity index (χ3n) is 5.67. The van der Waals surface area contributed by atoms with E-state index in [1.807, 2.05) is 36.4 Å². The molecule has 172 valence electrons. The summed E-state index contributed by atoms with van der Waals surface area (Å²) in [5, 5.41) is 5.73. The zero-order chi connectivity index (χ0) is 23.3. The number of ketones is 1. The van der Waals surface area contributed by atoms with Crippen LogP contribution in [0.5, 0.6) is 5.75 Å². The van der Waals surface area contributed by atoms with E-state index in [1.54, 1.807) is 19.2 Å². The standard InChI is InChI=1S/C25H32N2O4S/c1-31-21-9-5-18(6-10-21)23(15-20(28)13-17-14-24(29)26-16-17)25(30)27-19-7-11-22(12-8-19)32(2,3)4/h5-12,17,23H,13-16H2,1-4H3,(H,26,29)(H,27,30). The third-order valence-corrected chi connectivity index (χ3v) is 7.36. The Bertz CT molecular complexity index is 965. The van der Waals surface area contributed by atoms with Crippen LogP contribution in [0.15, 0.2) is 53.4 Å². The predicted molar refractivity (Wildman–Crippen MR) is 130 cm³/mol. The lowest BCUT2D eigenvalue weighted by Gasteiger charge is -2.26. The smallest absolute Gasteiger partial charge is 0.232 e. The van der Waals surface area contributed by atoms with Crippen molar-refractivity contribution in [1.82, 2.24) is 5.32 Å². The second-order valence-corrected chi connectivity index (χ2v) is 13.1. The summed E-state index contributed by atoms with van der Waals surface area (Å²) in [7, 11) is 0.742. The van der Waals surface area contributed by atoms with Gasteiger partial charge >= 0.3 is 0 Å². The monoisotopic (exact) mass is 456 g/mol. The van der Waals surface area contributed by atoms with Crippen LogP contribution in [0.25, 0.3) is 0 Å². The molecular weight excluding hydrogens is 424 g/mol. The number of rotatable bonds is 9. The fraction of sp³-hybridized carbons (Fsp3) is 0.400. The van der Waals surface area contributed by atoms with Crippen molar-refractivity contribution in [3.05, 3.63) is 54.1 Å². The maximum absolute atomic E-state index is 13.2. The molecule has 1 heterocycles. The molecule has 1 aliphatic heterocycles. The first-order valence-corrected chi connectivity index (χ1v) is 13.5. The Morgan fingerprint density at radius 2 is 1.75 bits per heavy atom. The molecule has 1 fully saturated rings. The van der Waals surface area contributed by atoms with Crippen molar-refractivity contribution in [2.75, 3.05) is 37.7 Å². The lowest BCUT2D eigenvalue weighted by molar-refractivity contribution is -0.124. The van der Waals surface area contributed by atoms with Gasteiger partial charge in [0, 0.05) is 31.5 Å². The van der Waals surface area contributed by atoms with Crippen LogP contribution < -0.4 is 15.4 Å². The van der Waals surface area contributed by atoms with Gasteiger partial charge in [-0.3, -0.25) is 14.4 Å². The Kier molecular flexibility index (Phi) is 7.61. The number of hydrogen-bond acceptors (Lipinski definition) is 4. The average Bonchev–Trinajstić information content (AvgIpc) is 3.16. The number of Topliss-reactive ketones (excluding diaryl/α,β-unsaturated/α-hetero) is 1. The van der Waals surface area contributed by atoms with Crippen LogP contribution in [-0.4, -0.2) is 50.0 Å². The first kappa shape index (κ1) is 23.9. The number of amides is 2. The molecule has 0 aliphatic carbocycles. The van der Waals surface area contributed by atoms with E-state index in [4.69, 9.17) is 4.74 Å². The highest BCUT2D eigenvalue weighted by Crippen LogP contribution is 2.45. The Labute approximate surface area is 191 Å². The minimum Gasteiger partial charge on any atom is -0.497 e. The predicted octanol–water partition coefficient (Wildman–Crippen LogP) is 3.96. The lowest BCUT2D eigenvalue weighted by Crippen LogP contribution is -2.24. The Hall–Kier alpha value is -2.80. The second kappa shape index (κ2) is 10.2.